The molecule has 1 heterocycles. The third-order valence-corrected chi connectivity index (χ3v) is 5.56. The van der Waals surface area contributed by atoms with Crippen LogP contribution >= 0.6 is 0 Å². The average molecular weight is 431 g/mol. The molecule has 3 aromatic rings. The number of carbonyl (C=O) groups is 2. The van der Waals surface area contributed by atoms with Gasteiger partial charge in [-0.25, -0.2) is 4.79 Å². The molecule has 0 saturated carbocycles. The molecule has 0 aromatic heterocycles. The number of benzene rings is 3. The van der Waals surface area contributed by atoms with Gasteiger partial charge in [-0.3, -0.25) is 4.79 Å². The lowest BCUT2D eigenvalue weighted by Crippen LogP contribution is -2.27. The van der Waals surface area contributed by atoms with Crippen LogP contribution in [0.1, 0.15) is 43.5 Å². The van der Waals surface area contributed by atoms with Gasteiger partial charge in [-0.05, 0) is 53.4 Å². The van der Waals surface area contributed by atoms with E-state index in [2.05, 4.69) is 5.32 Å². The predicted molar refractivity (Wildman–Crippen MR) is 120 cm³/mol. The fraction of sp³-hybridized carbons (Fsp3) is 0.231. The Morgan fingerprint density at radius 1 is 1.00 bits per heavy atom. The van der Waals surface area contributed by atoms with Gasteiger partial charge < -0.3 is 19.5 Å². The Morgan fingerprint density at radius 2 is 1.78 bits per heavy atom. The van der Waals surface area contributed by atoms with Gasteiger partial charge in [0, 0.05) is 18.5 Å². The highest BCUT2D eigenvalue weighted by Crippen LogP contribution is 2.31. The molecule has 1 aliphatic rings. The summed E-state index contributed by atoms with van der Waals surface area (Å²) in [6.45, 7) is 0.472. The van der Waals surface area contributed by atoms with E-state index >= 15 is 0 Å². The maximum absolute atomic E-state index is 12.7. The van der Waals surface area contributed by atoms with Crippen LogP contribution in [-0.4, -0.2) is 32.6 Å². The van der Waals surface area contributed by atoms with Crippen molar-refractivity contribution in [2.24, 2.45) is 0 Å². The Bertz CT molecular complexity index is 1130. The summed E-state index contributed by atoms with van der Waals surface area (Å²) in [5, 5.41) is 2.95. The van der Waals surface area contributed by atoms with Crippen LogP contribution in [0.25, 0.3) is 0 Å². The lowest BCUT2D eigenvalue weighted by molar-refractivity contribution is 0.0252. The Morgan fingerprint density at radius 3 is 2.53 bits per heavy atom. The Kier molecular flexibility index (Phi) is 6.40. The standard InChI is InChI=1S/C26H25NO5/c1-30-22-11-8-17(14-24(22)31-2)12-13-27-25(28)19-9-10-21-20(15-19)16-23(32-26(21)29)18-6-4-3-5-7-18/h3-11,14-15,23H,12-13,16H2,1-2H3,(H,27,28)/t23-/m0/s1. The largest absolute Gasteiger partial charge is 0.493 e. The molecular weight excluding hydrogens is 406 g/mol. The van der Waals surface area contributed by atoms with Crippen LogP contribution in [0.3, 0.4) is 0 Å². The summed E-state index contributed by atoms with van der Waals surface area (Å²) in [6.07, 6.45) is 0.844. The van der Waals surface area contributed by atoms with E-state index in [-0.39, 0.29) is 18.0 Å². The zero-order chi connectivity index (χ0) is 22.5. The molecule has 0 bridgehead atoms. The second-order valence-corrected chi connectivity index (χ2v) is 7.58. The van der Waals surface area contributed by atoms with Gasteiger partial charge in [-0.15, -0.1) is 0 Å². The summed E-state index contributed by atoms with van der Waals surface area (Å²) in [7, 11) is 3.19. The van der Waals surface area contributed by atoms with Crippen molar-refractivity contribution in [2.75, 3.05) is 20.8 Å². The van der Waals surface area contributed by atoms with Gasteiger partial charge in [-0.1, -0.05) is 36.4 Å². The molecule has 0 fully saturated rings. The van der Waals surface area contributed by atoms with Crippen molar-refractivity contribution in [3.8, 4) is 11.5 Å². The van der Waals surface area contributed by atoms with Crippen LogP contribution in [0.5, 0.6) is 11.5 Å². The third-order valence-electron chi connectivity index (χ3n) is 5.56. The summed E-state index contributed by atoms with van der Waals surface area (Å²) in [4.78, 5) is 25.1. The molecule has 0 unspecified atom stereocenters. The molecule has 0 saturated heterocycles. The monoisotopic (exact) mass is 431 g/mol. The zero-order valence-electron chi connectivity index (χ0n) is 18.1. The smallest absolute Gasteiger partial charge is 0.339 e. The van der Waals surface area contributed by atoms with Gasteiger partial charge in [0.1, 0.15) is 6.10 Å². The number of carbonyl (C=O) groups excluding carboxylic acids is 2. The average Bonchev–Trinajstić information content (AvgIpc) is 2.84. The molecule has 32 heavy (non-hydrogen) atoms. The van der Waals surface area contributed by atoms with E-state index in [0.29, 0.717) is 42.0 Å². The van der Waals surface area contributed by atoms with E-state index < -0.39 is 0 Å². The highest BCUT2D eigenvalue weighted by Gasteiger charge is 2.28. The second kappa shape index (κ2) is 9.56. The van der Waals surface area contributed by atoms with Crippen molar-refractivity contribution in [2.45, 2.75) is 18.9 Å². The number of rotatable bonds is 7. The highest BCUT2D eigenvalue weighted by atomic mass is 16.5. The van der Waals surface area contributed by atoms with Crippen molar-refractivity contribution >= 4 is 11.9 Å². The lowest BCUT2D eigenvalue weighted by Gasteiger charge is -2.25. The summed E-state index contributed by atoms with van der Waals surface area (Å²) in [6, 6.07) is 20.5. The normalized spacial score (nSPS) is 14.8. The van der Waals surface area contributed by atoms with E-state index in [1.165, 1.54) is 0 Å². The van der Waals surface area contributed by atoms with Crippen LogP contribution in [0.2, 0.25) is 0 Å². The molecule has 1 atom stereocenters. The molecule has 0 aliphatic carbocycles. The van der Waals surface area contributed by atoms with Crippen molar-refractivity contribution in [3.05, 3.63) is 94.5 Å². The third kappa shape index (κ3) is 4.59. The quantitative estimate of drug-likeness (QED) is 0.570. The molecule has 0 spiro atoms. The fourth-order valence-corrected chi connectivity index (χ4v) is 3.85. The molecule has 1 N–H and O–H groups in total. The summed E-state index contributed by atoms with van der Waals surface area (Å²) in [5.74, 6) is 0.788. The van der Waals surface area contributed by atoms with E-state index in [0.717, 1.165) is 16.7 Å². The highest BCUT2D eigenvalue weighted by molar-refractivity contribution is 5.97. The van der Waals surface area contributed by atoms with Crippen molar-refractivity contribution < 1.29 is 23.8 Å². The molecular formula is C26H25NO5. The molecule has 4 rings (SSSR count). The zero-order valence-corrected chi connectivity index (χ0v) is 18.1. The first-order valence-electron chi connectivity index (χ1n) is 10.5. The van der Waals surface area contributed by atoms with E-state index in [4.69, 9.17) is 14.2 Å². The maximum atomic E-state index is 12.7. The number of cyclic esters (lactones) is 1. The molecule has 3 aromatic carbocycles. The first-order valence-corrected chi connectivity index (χ1v) is 10.5. The molecule has 6 nitrogen and oxygen atoms in total. The van der Waals surface area contributed by atoms with Gasteiger partial charge in [0.05, 0.1) is 19.8 Å². The van der Waals surface area contributed by atoms with Gasteiger partial charge in [0.25, 0.3) is 5.91 Å². The predicted octanol–water partition coefficient (Wildman–Crippen LogP) is 4.13. The molecule has 0 radical (unpaired) electrons. The molecule has 1 amide bonds. The topological polar surface area (TPSA) is 73.9 Å². The van der Waals surface area contributed by atoms with Crippen molar-refractivity contribution in [1.29, 1.82) is 0 Å². The maximum Gasteiger partial charge on any atom is 0.339 e. The van der Waals surface area contributed by atoms with E-state index in [9.17, 15) is 9.59 Å². The number of esters is 1. The number of nitrogens with one attached hydrogen (secondary N) is 1. The fourth-order valence-electron chi connectivity index (χ4n) is 3.85. The minimum Gasteiger partial charge on any atom is -0.493 e. The number of ether oxygens (including phenoxy) is 3. The van der Waals surface area contributed by atoms with Gasteiger partial charge in [0.2, 0.25) is 0 Å². The van der Waals surface area contributed by atoms with Crippen LogP contribution in [0.4, 0.5) is 0 Å². The summed E-state index contributed by atoms with van der Waals surface area (Å²) < 4.78 is 16.2. The number of amides is 1. The second-order valence-electron chi connectivity index (χ2n) is 7.58. The SMILES string of the molecule is COc1ccc(CCNC(=O)c2ccc3c(c2)C[C@@H](c2ccccc2)OC3=O)cc1OC. The van der Waals surface area contributed by atoms with Crippen LogP contribution < -0.4 is 14.8 Å². The van der Waals surface area contributed by atoms with Crippen LogP contribution in [0.15, 0.2) is 66.7 Å². The van der Waals surface area contributed by atoms with Crippen molar-refractivity contribution in [3.63, 3.8) is 0 Å². The van der Waals surface area contributed by atoms with Gasteiger partial charge in [-0.2, -0.15) is 0 Å². The molecule has 6 heteroatoms. The first kappa shape index (κ1) is 21.4. The number of methoxy groups -OCH3 is 2. The van der Waals surface area contributed by atoms with E-state index in [1.54, 1.807) is 32.4 Å². The first-order chi connectivity index (χ1) is 15.6. The van der Waals surface area contributed by atoms with Crippen LogP contribution in [-0.2, 0) is 17.6 Å². The molecule has 164 valence electrons. The Labute approximate surface area is 187 Å². The van der Waals surface area contributed by atoms with E-state index in [1.807, 2.05) is 48.5 Å². The van der Waals surface area contributed by atoms with Crippen LogP contribution in [0, 0.1) is 0 Å². The van der Waals surface area contributed by atoms with Crippen molar-refractivity contribution in [1.82, 2.24) is 5.32 Å². The minimum atomic E-state index is -0.361. The summed E-state index contributed by atoms with van der Waals surface area (Å²) >= 11 is 0. The minimum absolute atomic E-state index is 0.177. The molecule has 1 aliphatic heterocycles. The number of fused-ring (bicyclic) bond motifs is 1. The Hall–Kier alpha value is -3.80. The lowest BCUT2D eigenvalue weighted by atomic mass is 9.93. The number of hydrogen-bond donors (Lipinski definition) is 1. The Balaban J connectivity index is 1.41. The van der Waals surface area contributed by atoms with Gasteiger partial charge in [0.15, 0.2) is 11.5 Å². The summed E-state index contributed by atoms with van der Waals surface area (Å²) in [5.41, 5.74) is 3.83. The number of hydrogen-bond acceptors (Lipinski definition) is 5. The van der Waals surface area contributed by atoms with Gasteiger partial charge >= 0.3 is 5.97 Å².